The van der Waals surface area contributed by atoms with Crippen LogP contribution in [0.15, 0.2) is 21.7 Å². The molecule has 3 rings (SSSR count). The molecule has 0 radical (unpaired) electrons. The number of aryl methyl sites for hydroxylation is 2. The first-order valence-electron chi connectivity index (χ1n) is 7.37. The van der Waals surface area contributed by atoms with Crippen LogP contribution in [0.3, 0.4) is 0 Å². The summed E-state index contributed by atoms with van der Waals surface area (Å²) in [6.07, 6.45) is 1.53. The van der Waals surface area contributed by atoms with E-state index in [2.05, 4.69) is 10.1 Å². The second-order valence-corrected chi connectivity index (χ2v) is 7.89. The molecule has 0 spiro atoms. The Balaban J connectivity index is 1.72. The Labute approximate surface area is 144 Å². The van der Waals surface area contributed by atoms with Gasteiger partial charge in [0.15, 0.2) is 5.76 Å². The Kier molecular flexibility index (Phi) is 4.41. The first kappa shape index (κ1) is 17.0. The molecule has 0 saturated carbocycles. The summed E-state index contributed by atoms with van der Waals surface area (Å²) in [4.78, 5) is 16.9. The number of aromatic amines is 1. The van der Waals surface area contributed by atoms with E-state index in [1.807, 2.05) is 0 Å². The zero-order valence-electron chi connectivity index (χ0n) is 13.2. The van der Waals surface area contributed by atoms with Crippen LogP contribution in [-0.4, -0.2) is 59.8 Å². The van der Waals surface area contributed by atoms with E-state index in [-0.39, 0.29) is 29.7 Å². The van der Waals surface area contributed by atoms with E-state index >= 15 is 0 Å². The average molecular weight is 373 g/mol. The van der Waals surface area contributed by atoms with Crippen LogP contribution >= 0.6 is 11.6 Å². The van der Waals surface area contributed by atoms with Gasteiger partial charge in [0.2, 0.25) is 10.0 Å². The van der Waals surface area contributed by atoms with Gasteiger partial charge in [-0.3, -0.25) is 4.79 Å². The lowest BCUT2D eigenvalue weighted by Gasteiger charge is -2.33. The number of hydrogen-bond acceptors (Lipinski definition) is 5. The third-order valence-electron chi connectivity index (χ3n) is 3.97. The second kappa shape index (κ2) is 6.23. The van der Waals surface area contributed by atoms with Crippen LogP contribution in [0.5, 0.6) is 0 Å². The van der Waals surface area contributed by atoms with Crippen molar-refractivity contribution in [3.63, 3.8) is 0 Å². The highest BCUT2D eigenvalue weighted by atomic mass is 35.5. The van der Waals surface area contributed by atoms with Gasteiger partial charge in [0.1, 0.15) is 16.3 Å². The Hall–Kier alpha value is -1.84. The molecular formula is C14H17ClN4O4S. The predicted octanol–water partition coefficient (Wildman–Crippen LogP) is 1.42. The molecule has 1 N–H and O–H groups in total. The van der Waals surface area contributed by atoms with E-state index < -0.39 is 10.0 Å². The van der Waals surface area contributed by atoms with Crippen LogP contribution in [-0.2, 0) is 10.0 Å². The number of hydrogen-bond donors (Lipinski definition) is 1. The Morgan fingerprint density at radius 3 is 2.46 bits per heavy atom. The molecule has 8 nitrogen and oxygen atoms in total. The molecule has 1 fully saturated rings. The summed E-state index contributed by atoms with van der Waals surface area (Å²) in [5.74, 6) is 0.0725. The van der Waals surface area contributed by atoms with Gasteiger partial charge in [-0.2, -0.15) is 4.31 Å². The summed E-state index contributed by atoms with van der Waals surface area (Å²) in [5.41, 5.74) is 0.731. The standard InChI is InChI=1S/C14H17ClN4O4S/c1-9-13(10(2)23-17-9)24(21,22)19-5-3-18(4-6-19)14(20)12-7-11(15)8-16-12/h7-8,16H,3-6H2,1-2H3. The Morgan fingerprint density at radius 2 is 1.96 bits per heavy atom. The maximum absolute atomic E-state index is 12.7. The molecule has 0 bridgehead atoms. The summed E-state index contributed by atoms with van der Waals surface area (Å²) >= 11 is 5.81. The number of amides is 1. The fourth-order valence-corrected chi connectivity index (χ4v) is 4.64. The molecule has 1 saturated heterocycles. The van der Waals surface area contributed by atoms with Crippen LogP contribution in [0, 0.1) is 13.8 Å². The molecule has 1 amide bonds. The largest absolute Gasteiger partial charge is 0.360 e. The second-order valence-electron chi connectivity index (χ2n) is 5.58. The van der Waals surface area contributed by atoms with Gasteiger partial charge in [-0.1, -0.05) is 16.8 Å². The van der Waals surface area contributed by atoms with Gasteiger partial charge in [0.25, 0.3) is 5.91 Å². The molecule has 130 valence electrons. The van der Waals surface area contributed by atoms with Gasteiger partial charge in [-0.25, -0.2) is 8.42 Å². The van der Waals surface area contributed by atoms with Crippen LogP contribution in [0.25, 0.3) is 0 Å². The maximum Gasteiger partial charge on any atom is 0.270 e. The Morgan fingerprint density at radius 1 is 1.29 bits per heavy atom. The predicted molar refractivity (Wildman–Crippen MR) is 86.4 cm³/mol. The van der Waals surface area contributed by atoms with Gasteiger partial charge in [-0.15, -0.1) is 0 Å². The van der Waals surface area contributed by atoms with Gasteiger partial charge < -0.3 is 14.4 Å². The maximum atomic E-state index is 12.7. The molecule has 3 heterocycles. The number of nitrogens with zero attached hydrogens (tertiary/aromatic N) is 3. The molecule has 2 aromatic heterocycles. The normalized spacial score (nSPS) is 16.5. The third kappa shape index (κ3) is 2.94. The van der Waals surface area contributed by atoms with E-state index in [0.717, 1.165) is 0 Å². The molecule has 0 aliphatic carbocycles. The van der Waals surface area contributed by atoms with Crippen LogP contribution in [0.2, 0.25) is 5.02 Å². The highest BCUT2D eigenvalue weighted by molar-refractivity contribution is 7.89. The average Bonchev–Trinajstić information content (AvgIpc) is 3.12. The summed E-state index contributed by atoms with van der Waals surface area (Å²) in [7, 11) is -3.68. The zero-order valence-corrected chi connectivity index (χ0v) is 14.8. The number of aromatic nitrogens is 2. The molecule has 0 aromatic carbocycles. The molecule has 2 aromatic rings. The smallest absolute Gasteiger partial charge is 0.270 e. The van der Waals surface area contributed by atoms with E-state index in [4.69, 9.17) is 16.1 Å². The lowest BCUT2D eigenvalue weighted by Crippen LogP contribution is -2.50. The van der Waals surface area contributed by atoms with Gasteiger partial charge in [-0.05, 0) is 19.9 Å². The molecule has 0 unspecified atom stereocenters. The van der Waals surface area contributed by atoms with Gasteiger partial charge in [0, 0.05) is 32.4 Å². The van der Waals surface area contributed by atoms with Crippen molar-refractivity contribution in [2.75, 3.05) is 26.2 Å². The summed E-state index contributed by atoms with van der Waals surface area (Å²) < 4.78 is 31.8. The number of sulfonamides is 1. The molecule has 0 atom stereocenters. The van der Waals surface area contributed by atoms with Crippen molar-refractivity contribution in [2.45, 2.75) is 18.7 Å². The molecule has 1 aliphatic heterocycles. The summed E-state index contributed by atoms with van der Waals surface area (Å²) in [6, 6.07) is 1.55. The minimum absolute atomic E-state index is 0.110. The van der Waals surface area contributed by atoms with Crippen molar-refractivity contribution in [3.8, 4) is 0 Å². The highest BCUT2D eigenvalue weighted by Gasteiger charge is 2.34. The summed E-state index contributed by atoms with van der Waals surface area (Å²) in [6.45, 7) is 4.20. The first-order valence-corrected chi connectivity index (χ1v) is 9.18. The summed E-state index contributed by atoms with van der Waals surface area (Å²) in [5, 5.41) is 4.16. The van der Waals surface area contributed by atoms with E-state index in [9.17, 15) is 13.2 Å². The van der Waals surface area contributed by atoms with Crippen LogP contribution < -0.4 is 0 Å². The lowest BCUT2D eigenvalue weighted by atomic mass is 10.3. The monoisotopic (exact) mass is 372 g/mol. The molecular weight excluding hydrogens is 356 g/mol. The Bertz CT molecular complexity index is 846. The minimum atomic E-state index is -3.68. The van der Waals surface area contributed by atoms with E-state index in [1.165, 1.54) is 10.5 Å². The number of halogens is 1. The van der Waals surface area contributed by atoms with Crippen molar-refractivity contribution in [1.82, 2.24) is 19.3 Å². The van der Waals surface area contributed by atoms with Gasteiger partial charge in [0.05, 0.1) is 5.02 Å². The number of H-pyrrole nitrogens is 1. The topological polar surface area (TPSA) is 99.5 Å². The van der Waals surface area contributed by atoms with Crippen LogP contribution in [0.1, 0.15) is 21.9 Å². The van der Waals surface area contributed by atoms with Crippen molar-refractivity contribution in [3.05, 3.63) is 34.4 Å². The number of nitrogens with one attached hydrogen (secondary N) is 1. The number of carbonyl (C=O) groups is 1. The van der Waals surface area contributed by atoms with E-state index in [1.54, 1.807) is 24.8 Å². The van der Waals surface area contributed by atoms with Crippen molar-refractivity contribution >= 4 is 27.5 Å². The number of piperazine rings is 1. The van der Waals surface area contributed by atoms with Crippen molar-refractivity contribution < 1.29 is 17.7 Å². The number of rotatable bonds is 3. The first-order chi connectivity index (χ1) is 11.3. The molecule has 24 heavy (non-hydrogen) atoms. The van der Waals surface area contributed by atoms with Crippen molar-refractivity contribution in [2.24, 2.45) is 0 Å². The van der Waals surface area contributed by atoms with Gasteiger partial charge >= 0.3 is 0 Å². The minimum Gasteiger partial charge on any atom is -0.360 e. The molecule has 10 heteroatoms. The van der Waals surface area contributed by atoms with Crippen molar-refractivity contribution in [1.29, 1.82) is 0 Å². The third-order valence-corrected chi connectivity index (χ3v) is 6.33. The molecule has 1 aliphatic rings. The zero-order chi connectivity index (χ0) is 17.5. The quantitative estimate of drug-likeness (QED) is 0.878. The fourth-order valence-electron chi connectivity index (χ4n) is 2.77. The number of carbonyl (C=O) groups excluding carboxylic acids is 1. The fraction of sp³-hybridized carbons (Fsp3) is 0.429. The van der Waals surface area contributed by atoms with Crippen LogP contribution in [0.4, 0.5) is 0 Å². The van der Waals surface area contributed by atoms with E-state index in [0.29, 0.717) is 29.5 Å². The highest BCUT2D eigenvalue weighted by Crippen LogP contribution is 2.24. The SMILES string of the molecule is Cc1noc(C)c1S(=O)(=O)N1CCN(C(=O)c2cc(Cl)c[nH]2)CC1. The lowest BCUT2D eigenvalue weighted by molar-refractivity contribution is 0.0692.